The fourth-order valence-corrected chi connectivity index (χ4v) is 1.35. The standard InChI is InChI=1S/C9H18N2O/c1-8(2)7-9(10)11-3-5-12-6-4-11/h8,10H,3-7H2,1-2H3. The molecule has 12 heavy (non-hydrogen) atoms. The number of nitrogens with zero attached hydrogens (tertiary/aromatic N) is 1. The predicted molar refractivity (Wildman–Crippen MR) is 49.6 cm³/mol. The molecule has 1 saturated heterocycles. The van der Waals surface area contributed by atoms with E-state index in [1.165, 1.54) is 0 Å². The van der Waals surface area contributed by atoms with E-state index in [1.54, 1.807) is 0 Å². The first-order chi connectivity index (χ1) is 5.70. The Morgan fingerprint density at radius 2 is 2.00 bits per heavy atom. The van der Waals surface area contributed by atoms with Crippen LogP contribution in [0.4, 0.5) is 0 Å². The van der Waals surface area contributed by atoms with E-state index in [1.807, 2.05) is 0 Å². The Bertz CT molecular complexity index is 151. The highest BCUT2D eigenvalue weighted by atomic mass is 16.5. The van der Waals surface area contributed by atoms with Gasteiger partial charge < -0.3 is 9.64 Å². The molecule has 0 bridgehead atoms. The molecule has 0 radical (unpaired) electrons. The van der Waals surface area contributed by atoms with Crippen molar-refractivity contribution in [1.82, 2.24) is 4.90 Å². The number of ether oxygens (including phenoxy) is 1. The van der Waals surface area contributed by atoms with Gasteiger partial charge in [0.2, 0.25) is 0 Å². The van der Waals surface area contributed by atoms with Gasteiger partial charge in [-0.3, -0.25) is 5.41 Å². The molecule has 0 aromatic carbocycles. The third kappa shape index (κ3) is 2.81. The molecule has 0 unspecified atom stereocenters. The molecule has 0 aromatic rings. The molecule has 0 atom stereocenters. The van der Waals surface area contributed by atoms with Gasteiger partial charge in [-0.2, -0.15) is 0 Å². The number of rotatable bonds is 2. The highest BCUT2D eigenvalue weighted by molar-refractivity contribution is 5.79. The second-order valence-electron chi connectivity index (χ2n) is 3.64. The third-order valence-electron chi connectivity index (χ3n) is 1.99. The molecule has 1 aliphatic rings. The quantitative estimate of drug-likeness (QED) is 0.501. The van der Waals surface area contributed by atoms with Crippen LogP contribution in [0.3, 0.4) is 0 Å². The van der Waals surface area contributed by atoms with Crippen LogP contribution in [0.2, 0.25) is 0 Å². The van der Waals surface area contributed by atoms with Crippen LogP contribution in [-0.4, -0.2) is 37.0 Å². The molecule has 0 aliphatic carbocycles. The summed E-state index contributed by atoms with van der Waals surface area (Å²) in [7, 11) is 0. The van der Waals surface area contributed by atoms with Gasteiger partial charge in [-0.05, 0) is 5.92 Å². The normalized spacial score (nSPS) is 18.4. The van der Waals surface area contributed by atoms with Crippen molar-refractivity contribution in [3.63, 3.8) is 0 Å². The van der Waals surface area contributed by atoms with Crippen LogP contribution in [0.15, 0.2) is 0 Å². The van der Waals surface area contributed by atoms with Crippen molar-refractivity contribution in [3.05, 3.63) is 0 Å². The topological polar surface area (TPSA) is 36.3 Å². The molecule has 70 valence electrons. The molecule has 1 N–H and O–H groups in total. The van der Waals surface area contributed by atoms with E-state index >= 15 is 0 Å². The minimum atomic E-state index is 0.584. The van der Waals surface area contributed by atoms with Gasteiger partial charge in [-0.1, -0.05) is 13.8 Å². The summed E-state index contributed by atoms with van der Waals surface area (Å²) < 4.78 is 5.22. The molecule has 3 nitrogen and oxygen atoms in total. The van der Waals surface area contributed by atoms with Gasteiger partial charge in [0.1, 0.15) is 0 Å². The number of hydrogen-bond donors (Lipinski definition) is 1. The minimum Gasteiger partial charge on any atom is -0.378 e. The predicted octanol–water partition coefficient (Wildman–Crippen LogP) is 1.34. The summed E-state index contributed by atoms with van der Waals surface area (Å²) >= 11 is 0. The average molecular weight is 170 g/mol. The summed E-state index contributed by atoms with van der Waals surface area (Å²) in [5, 5.41) is 7.78. The van der Waals surface area contributed by atoms with E-state index in [2.05, 4.69) is 18.7 Å². The summed E-state index contributed by atoms with van der Waals surface area (Å²) in [5.74, 6) is 1.36. The molecule has 3 heteroatoms. The first-order valence-electron chi connectivity index (χ1n) is 4.60. The van der Waals surface area contributed by atoms with Gasteiger partial charge in [0.25, 0.3) is 0 Å². The number of hydrogen-bond acceptors (Lipinski definition) is 2. The van der Waals surface area contributed by atoms with Crippen LogP contribution in [-0.2, 0) is 4.74 Å². The summed E-state index contributed by atoms with van der Waals surface area (Å²) in [6.07, 6.45) is 0.889. The van der Waals surface area contributed by atoms with Crippen molar-refractivity contribution in [3.8, 4) is 0 Å². The van der Waals surface area contributed by atoms with Crippen LogP contribution >= 0.6 is 0 Å². The zero-order valence-corrected chi connectivity index (χ0v) is 7.97. The lowest BCUT2D eigenvalue weighted by molar-refractivity contribution is 0.0665. The van der Waals surface area contributed by atoms with E-state index in [4.69, 9.17) is 10.1 Å². The van der Waals surface area contributed by atoms with Crippen molar-refractivity contribution >= 4 is 5.84 Å². The SMILES string of the molecule is CC(C)CC(=N)N1CCOCC1. The Kier molecular flexibility index (Phi) is 3.53. The van der Waals surface area contributed by atoms with Gasteiger partial charge >= 0.3 is 0 Å². The Balaban J connectivity index is 2.30. The fourth-order valence-electron chi connectivity index (χ4n) is 1.35. The fraction of sp³-hybridized carbons (Fsp3) is 0.889. The maximum Gasteiger partial charge on any atom is 0.0961 e. The zero-order valence-electron chi connectivity index (χ0n) is 7.97. The summed E-state index contributed by atoms with van der Waals surface area (Å²) in [5.41, 5.74) is 0. The summed E-state index contributed by atoms with van der Waals surface area (Å²) in [6, 6.07) is 0. The minimum absolute atomic E-state index is 0.584. The van der Waals surface area contributed by atoms with E-state index in [-0.39, 0.29) is 0 Å². The number of morpholine rings is 1. The van der Waals surface area contributed by atoms with Crippen LogP contribution in [0.5, 0.6) is 0 Å². The highest BCUT2D eigenvalue weighted by Crippen LogP contribution is 2.06. The van der Waals surface area contributed by atoms with E-state index in [9.17, 15) is 0 Å². The van der Waals surface area contributed by atoms with Crippen molar-refractivity contribution in [1.29, 1.82) is 5.41 Å². The third-order valence-corrected chi connectivity index (χ3v) is 1.99. The van der Waals surface area contributed by atoms with Gasteiger partial charge in [0.05, 0.1) is 19.0 Å². The van der Waals surface area contributed by atoms with Gasteiger partial charge in [0.15, 0.2) is 0 Å². The lowest BCUT2D eigenvalue weighted by atomic mass is 10.1. The molecule has 1 fully saturated rings. The highest BCUT2D eigenvalue weighted by Gasteiger charge is 2.13. The summed E-state index contributed by atoms with van der Waals surface area (Å²) in [4.78, 5) is 2.11. The zero-order chi connectivity index (χ0) is 8.97. The second kappa shape index (κ2) is 4.45. The summed E-state index contributed by atoms with van der Waals surface area (Å²) in [6.45, 7) is 7.64. The Morgan fingerprint density at radius 3 is 2.50 bits per heavy atom. The van der Waals surface area contributed by atoms with E-state index in [0.29, 0.717) is 5.92 Å². The molecule has 1 heterocycles. The van der Waals surface area contributed by atoms with Gasteiger partial charge in [0, 0.05) is 19.5 Å². The molecule has 0 aromatic heterocycles. The average Bonchev–Trinajstić information content (AvgIpc) is 2.05. The van der Waals surface area contributed by atoms with Gasteiger partial charge in [-0.15, -0.1) is 0 Å². The molecule has 1 aliphatic heterocycles. The van der Waals surface area contributed by atoms with Crippen LogP contribution in [0, 0.1) is 11.3 Å². The van der Waals surface area contributed by atoms with Crippen LogP contribution in [0.1, 0.15) is 20.3 Å². The van der Waals surface area contributed by atoms with Crippen molar-refractivity contribution in [2.24, 2.45) is 5.92 Å². The van der Waals surface area contributed by atoms with Crippen molar-refractivity contribution < 1.29 is 4.74 Å². The van der Waals surface area contributed by atoms with Crippen LogP contribution in [0.25, 0.3) is 0 Å². The molecule has 0 saturated carbocycles. The van der Waals surface area contributed by atoms with Crippen LogP contribution < -0.4 is 0 Å². The maximum atomic E-state index is 7.78. The smallest absolute Gasteiger partial charge is 0.0961 e. The molecule has 0 spiro atoms. The monoisotopic (exact) mass is 170 g/mol. The molecule has 1 rings (SSSR count). The lowest BCUT2D eigenvalue weighted by Gasteiger charge is -2.29. The molecule has 0 amide bonds. The Labute approximate surface area is 74.2 Å². The maximum absolute atomic E-state index is 7.78. The number of nitrogens with one attached hydrogen (secondary N) is 1. The second-order valence-corrected chi connectivity index (χ2v) is 3.64. The molecular formula is C9H18N2O. The first kappa shape index (κ1) is 9.52. The van der Waals surface area contributed by atoms with E-state index < -0.39 is 0 Å². The first-order valence-corrected chi connectivity index (χ1v) is 4.60. The Hall–Kier alpha value is -0.570. The van der Waals surface area contributed by atoms with Crippen molar-refractivity contribution in [2.75, 3.05) is 26.3 Å². The largest absolute Gasteiger partial charge is 0.378 e. The van der Waals surface area contributed by atoms with E-state index in [0.717, 1.165) is 38.6 Å². The Morgan fingerprint density at radius 1 is 1.42 bits per heavy atom. The van der Waals surface area contributed by atoms with Crippen molar-refractivity contribution in [2.45, 2.75) is 20.3 Å². The van der Waals surface area contributed by atoms with Gasteiger partial charge in [-0.25, -0.2) is 0 Å². The molecular weight excluding hydrogens is 152 g/mol. The number of amidine groups is 1. The lowest BCUT2D eigenvalue weighted by Crippen LogP contribution is -2.40.